The van der Waals surface area contributed by atoms with E-state index < -0.39 is 18.4 Å². The first-order valence-electron chi connectivity index (χ1n) is 15.1. The van der Waals surface area contributed by atoms with E-state index in [1.807, 2.05) is 26.0 Å². The Morgan fingerprint density at radius 1 is 1.25 bits per heavy atom. The molecule has 40 heavy (non-hydrogen) atoms. The second kappa shape index (κ2) is 14.0. The fourth-order valence-corrected chi connectivity index (χ4v) is 5.85. The number of allylic oxidation sites excluding steroid dienone is 3. The van der Waals surface area contributed by atoms with Crippen molar-refractivity contribution in [3.63, 3.8) is 0 Å². The van der Waals surface area contributed by atoms with Gasteiger partial charge in [0.05, 0.1) is 12.2 Å². The number of esters is 1. The molecule has 0 radical (unpaired) electrons. The van der Waals surface area contributed by atoms with Crippen molar-refractivity contribution < 1.29 is 28.9 Å². The fraction of sp³-hybridized carbons (Fsp3) is 0.758. The summed E-state index contributed by atoms with van der Waals surface area (Å²) < 4.78 is 17.6. The first-order chi connectivity index (χ1) is 18.6. The first kappa shape index (κ1) is 33.1. The summed E-state index contributed by atoms with van der Waals surface area (Å²) in [5.41, 5.74) is 0.679. The van der Waals surface area contributed by atoms with E-state index in [2.05, 4.69) is 73.6 Å². The molecule has 0 aromatic rings. The van der Waals surface area contributed by atoms with Crippen LogP contribution in [-0.4, -0.2) is 36.5 Å². The second-order valence-electron chi connectivity index (χ2n) is 13.8. The number of carbonyl (C=O) groups excluding carboxylic acids is 2. The molecular formula is C33H53O6Rf. The Hall–Kier alpha value is -3.08. The van der Waals surface area contributed by atoms with E-state index in [4.69, 9.17) is 19.3 Å². The molecule has 2 rings (SSSR count). The molecule has 0 bridgehead atoms. The molecular weight excluding hydrogens is 759 g/mol. The van der Waals surface area contributed by atoms with Gasteiger partial charge in [-0.1, -0.05) is 41.0 Å². The predicted octanol–water partition coefficient (Wildman–Crippen LogP) is 8.29. The zero-order chi connectivity index (χ0) is 30.3. The van der Waals surface area contributed by atoms with Crippen LogP contribution >= 0.6 is 0 Å². The fourth-order valence-electron chi connectivity index (χ4n) is 5.55. The number of epoxide rings is 1. The third-order valence-electron chi connectivity index (χ3n) is 9.00. The molecule has 223 valence electrons. The van der Waals surface area contributed by atoms with Crippen LogP contribution in [0, 0.1) is 34.5 Å². The van der Waals surface area contributed by atoms with Crippen LogP contribution in [0.3, 0.4) is 0 Å². The van der Waals surface area contributed by atoms with Crippen LogP contribution in [0.1, 0.15) is 101 Å². The van der Waals surface area contributed by atoms with Gasteiger partial charge in [0.2, 0.25) is 0 Å². The Balaban J connectivity index is 2.19. The van der Waals surface area contributed by atoms with Crippen molar-refractivity contribution in [2.24, 2.45) is 34.5 Å². The van der Waals surface area contributed by atoms with Gasteiger partial charge in [0.15, 0.2) is 0 Å². The summed E-state index contributed by atoms with van der Waals surface area (Å²) in [6, 6.07) is 0. The van der Waals surface area contributed by atoms with E-state index in [0.29, 0.717) is 30.5 Å². The maximum absolute atomic E-state index is 12.9. The molecule has 8 unspecified atom stereocenters. The van der Waals surface area contributed by atoms with Crippen molar-refractivity contribution in [1.29, 1.82) is 0 Å². The van der Waals surface area contributed by atoms with Crippen LogP contribution < -0.4 is 0 Å². The van der Waals surface area contributed by atoms with Crippen molar-refractivity contribution in [1.82, 2.24) is 0 Å². The molecule has 1 saturated heterocycles. The van der Waals surface area contributed by atoms with E-state index in [-0.39, 0.29) is 28.6 Å². The van der Waals surface area contributed by atoms with Crippen LogP contribution in [0.25, 0.3) is 0 Å². The normalized spacial score (nSPS) is 32.3. The molecule has 6 nitrogen and oxygen atoms in total. The van der Waals surface area contributed by atoms with E-state index in [9.17, 15) is 9.59 Å². The van der Waals surface area contributed by atoms with Crippen LogP contribution in [0.4, 0.5) is 4.79 Å². The number of hydrogen-bond acceptors (Lipinski definition) is 6. The van der Waals surface area contributed by atoms with E-state index in [1.165, 1.54) is 6.42 Å². The molecule has 2 aliphatic heterocycles. The number of cyclic esters (lactones) is 1. The van der Waals surface area contributed by atoms with Crippen molar-refractivity contribution >= 4 is 12.1 Å². The Kier molecular flexibility index (Phi) is 11.6. The quantitative estimate of drug-likeness (QED) is 0.101. The summed E-state index contributed by atoms with van der Waals surface area (Å²) in [6.07, 6.45) is 13.8. The molecule has 2 heterocycles. The van der Waals surface area contributed by atoms with Crippen molar-refractivity contribution in [3.8, 4) is 0 Å². The van der Waals surface area contributed by atoms with Gasteiger partial charge >= 0.3 is 156 Å². The van der Waals surface area contributed by atoms with Gasteiger partial charge in [-0.3, -0.25) is 0 Å². The molecule has 0 aliphatic carbocycles. The van der Waals surface area contributed by atoms with Gasteiger partial charge < -0.3 is 4.74 Å². The molecule has 0 aromatic carbocycles. The van der Waals surface area contributed by atoms with Crippen LogP contribution in [0.2, 0.25) is 0 Å². The Morgan fingerprint density at radius 3 is 2.55 bits per heavy atom. The molecule has 0 aromatic heterocycles. The second-order valence-corrected chi connectivity index (χ2v) is 15.1. The van der Waals surface area contributed by atoms with Gasteiger partial charge in [0, 0.05) is 0 Å². The predicted molar refractivity (Wildman–Crippen MR) is 155 cm³/mol. The summed E-state index contributed by atoms with van der Waals surface area (Å²) >= 11 is 0. The number of carbonyl (C=O) groups is 2. The van der Waals surface area contributed by atoms with Gasteiger partial charge in [0.25, 0.3) is 0 Å². The van der Waals surface area contributed by atoms with Gasteiger partial charge in [-0.2, -0.15) is 0 Å². The summed E-state index contributed by atoms with van der Waals surface area (Å²) in [5, 5.41) is 4.99. The Morgan fingerprint density at radius 2 is 1.93 bits per heavy atom. The third kappa shape index (κ3) is 9.83. The van der Waals surface area contributed by atoms with E-state index in [0.717, 1.165) is 24.8 Å². The zero-order valence-electron chi connectivity index (χ0n) is 26.7. The Bertz CT molecular complexity index is 935. The molecule has 0 amide bonds. The molecule has 7 heteroatoms. The number of hydrogen-bond donors (Lipinski definition) is 0. The summed E-state index contributed by atoms with van der Waals surface area (Å²) in [7, 11) is 0. The van der Waals surface area contributed by atoms with Gasteiger partial charge in [-0.05, 0) is 23.7 Å². The van der Waals surface area contributed by atoms with Crippen molar-refractivity contribution in [2.75, 3.05) is 0 Å². The summed E-state index contributed by atoms with van der Waals surface area (Å²) in [5.74, 6) is 1.15. The minimum absolute atomic E-state index is 0.0101. The standard InChI is InChI=1S/C33H54O6.Rf/c1-11-22(3)25(6)30-26(37-30)20-32(7,8)17-12-13-23(4)29-24(5)14-15-27(38-31(35)36)33(9,10)18-16-21(2)19-28(34)39-29;/h12-15,17,21-22,24-27,29-30H,11,16,18-20H2,1-10H3,(H,35,36);/q;+1/p-1/b15-14+,17-12+,23-13+;. The van der Waals surface area contributed by atoms with Crippen LogP contribution in [0.15, 0.2) is 36.0 Å². The molecule has 0 N–H and O–H groups in total. The molecule has 8 atom stereocenters. The minimum atomic E-state index is -0.602. The molecule has 1 fully saturated rings. The monoisotopic (exact) mass is 813 g/mol. The maximum atomic E-state index is 12.9. The molecule has 2 aliphatic rings. The SMILES string of the molecule is CCC(C)C(C)C1OC1CC(C)(C)/C=C/C=C(\C)C1OC(=O)CC(C)CCC(C)(C)C(OC(=O)[O][Rf])/C=C/C1C. The van der Waals surface area contributed by atoms with Gasteiger partial charge in [-0.15, -0.1) is 0 Å². The zero-order valence-corrected chi connectivity index (χ0v) is 33.1. The Labute approximate surface area is 237 Å². The summed E-state index contributed by atoms with van der Waals surface area (Å²) in [6.45, 7) is 21.7. The van der Waals surface area contributed by atoms with Crippen molar-refractivity contribution in [3.05, 3.63) is 36.0 Å². The third-order valence-corrected chi connectivity index (χ3v) is 10.1. The average molecular weight is 813 g/mol. The van der Waals surface area contributed by atoms with E-state index in [1.54, 1.807) is 0 Å². The van der Waals surface area contributed by atoms with E-state index >= 15 is 0 Å². The van der Waals surface area contributed by atoms with Crippen LogP contribution in [0.5, 0.6) is 0 Å². The number of rotatable bonds is 9. The molecule has 0 spiro atoms. The van der Waals surface area contributed by atoms with Crippen LogP contribution in [-0.2, 0) is 24.1 Å². The van der Waals surface area contributed by atoms with Gasteiger partial charge in [-0.25, -0.2) is 0 Å². The average Bonchev–Trinajstić information content (AvgIpc) is 3.64. The van der Waals surface area contributed by atoms with Crippen molar-refractivity contribution in [2.45, 2.75) is 126 Å². The first-order valence-corrected chi connectivity index (χ1v) is 17.7. The topological polar surface area (TPSA) is 74.4 Å². The summed E-state index contributed by atoms with van der Waals surface area (Å²) in [4.78, 5) is 25.0. The molecule has 0 saturated carbocycles. The van der Waals surface area contributed by atoms with Gasteiger partial charge in [0.1, 0.15) is 0 Å². The number of ether oxygens (including phenoxy) is 3.